The van der Waals surface area contributed by atoms with E-state index in [2.05, 4.69) is 36.2 Å². The zero-order chi connectivity index (χ0) is 10.8. The van der Waals surface area contributed by atoms with Gasteiger partial charge in [-0.05, 0) is 50.1 Å². The Morgan fingerprint density at radius 3 is 2.73 bits per heavy atom. The first-order valence-corrected chi connectivity index (χ1v) is 5.27. The Balaban J connectivity index is 2.60. The number of rotatable bonds is 2. The average Bonchev–Trinajstić information content (AvgIpc) is 2.20. The van der Waals surface area contributed by atoms with E-state index in [1.165, 1.54) is 16.5 Å². The van der Waals surface area contributed by atoms with Gasteiger partial charge in [0.25, 0.3) is 0 Å². The lowest BCUT2D eigenvalue weighted by Crippen LogP contribution is -2.05. The predicted molar refractivity (Wildman–Crippen MR) is 64.0 cm³/mol. The number of aromatic nitrogens is 1. The van der Waals surface area contributed by atoms with Crippen LogP contribution in [0.1, 0.15) is 16.8 Å². The number of pyridine rings is 1. The molecular formula is C13H16N2. The Labute approximate surface area is 90.1 Å². The number of benzene rings is 1. The standard InChI is InChI=1S/C13H16N2/c1-9-3-4-12-8-11(5-6-14)10(2)15-13(12)7-9/h3-4,7-8H,5-6,14H2,1-2H3. The summed E-state index contributed by atoms with van der Waals surface area (Å²) in [5, 5.41) is 1.20. The topological polar surface area (TPSA) is 38.9 Å². The molecule has 2 heteroatoms. The van der Waals surface area contributed by atoms with Gasteiger partial charge in [-0.15, -0.1) is 0 Å². The zero-order valence-corrected chi connectivity index (χ0v) is 9.25. The maximum atomic E-state index is 5.57. The molecule has 0 radical (unpaired) electrons. The van der Waals surface area contributed by atoms with Crippen molar-refractivity contribution in [3.05, 3.63) is 41.1 Å². The molecule has 0 unspecified atom stereocenters. The number of aryl methyl sites for hydroxylation is 2. The van der Waals surface area contributed by atoms with E-state index in [1.54, 1.807) is 0 Å². The lowest BCUT2D eigenvalue weighted by Gasteiger charge is -2.06. The highest BCUT2D eigenvalue weighted by molar-refractivity contribution is 5.80. The molecule has 0 spiro atoms. The van der Waals surface area contributed by atoms with E-state index >= 15 is 0 Å². The van der Waals surface area contributed by atoms with Gasteiger partial charge in [0.1, 0.15) is 0 Å². The molecule has 0 fully saturated rings. The Hall–Kier alpha value is -1.41. The number of nitrogens with zero attached hydrogens (tertiary/aromatic N) is 1. The van der Waals surface area contributed by atoms with Crippen LogP contribution < -0.4 is 5.73 Å². The quantitative estimate of drug-likeness (QED) is 0.808. The molecule has 15 heavy (non-hydrogen) atoms. The van der Waals surface area contributed by atoms with E-state index in [-0.39, 0.29) is 0 Å². The van der Waals surface area contributed by atoms with Gasteiger partial charge in [0, 0.05) is 11.1 Å². The third kappa shape index (κ3) is 2.00. The monoisotopic (exact) mass is 200 g/mol. The van der Waals surface area contributed by atoms with Crippen molar-refractivity contribution in [2.75, 3.05) is 6.54 Å². The Kier molecular flexibility index (Phi) is 2.69. The molecule has 1 aromatic heterocycles. The maximum absolute atomic E-state index is 5.57. The second-order valence-corrected chi connectivity index (χ2v) is 3.97. The number of hydrogen-bond acceptors (Lipinski definition) is 2. The predicted octanol–water partition coefficient (Wildman–Crippen LogP) is 2.35. The van der Waals surface area contributed by atoms with E-state index in [1.807, 2.05) is 6.92 Å². The molecule has 78 valence electrons. The number of nitrogens with two attached hydrogens (primary N) is 1. The minimum absolute atomic E-state index is 0.680. The summed E-state index contributed by atoms with van der Waals surface area (Å²) in [4.78, 5) is 4.60. The lowest BCUT2D eigenvalue weighted by molar-refractivity contribution is 0.946. The van der Waals surface area contributed by atoms with Gasteiger partial charge in [-0.1, -0.05) is 12.1 Å². The van der Waals surface area contributed by atoms with Gasteiger partial charge >= 0.3 is 0 Å². The fraction of sp³-hybridized carbons (Fsp3) is 0.308. The molecule has 2 aromatic rings. The molecule has 2 N–H and O–H groups in total. The van der Waals surface area contributed by atoms with Crippen molar-refractivity contribution in [1.29, 1.82) is 0 Å². The highest BCUT2D eigenvalue weighted by atomic mass is 14.7. The summed E-state index contributed by atoms with van der Waals surface area (Å²) >= 11 is 0. The van der Waals surface area contributed by atoms with Crippen molar-refractivity contribution >= 4 is 10.9 Å². The van der Waals surface area contributed by atoms with Gasteiger partial charge in [-0.25, -0.2) is 0 Å². The first-order chi connectivity index (χ1) is 7.20. The lowest BCUT2D eigenvalue weighted by atomic mass is 10.1. The fourth-order valence-electron chi connectivity index (χ4n) is 1.83. The van der Waals surface area contributed by atoms with Crippen molar-refractivity contribution in [3.63, 3.8) is 0 Å². The second-order valence-electron chi connectivity index (χ2n) is 3.97. The first-order valence-electron chi connectivity index (χ1n) is 5.27. The van der Waals surface area contributed by atoms with Crippen molar-refractivity contribution in [2.45, 2.75) is 20.3 Å². The first kappa shape index (κ1) is 10.1. The van der Waals surface area contributed by atoms with Crippen LogP contribution in [-0.2, 0) is 6.42 Å². The zero-order valence-electron chi connectivity index (χ0n) is 9.25. The summed E-state index contributed by atoms with van der Waals surface area (Å²) < 4.78 is 0. The van der Waals surface area contributed by atoms with Crippen LogP contribution in [0.15, 0.2) is 24.3 Å². The SMILES string of the molecule is Cc1ccc2cc(CCN)c(C)nc2c1. The van der Waals surface area contributed by atoms with Crippen LogP contribution in [0.2, 0.25) is 0 Å². The van der Waals surface area contributed by atoms with Crippen molar-refractivity contribution in [3.8, 4) is 0 Å². The Bertz CT molecular complexity index is 489. The Morgan fingerprint density at radius 2 is 2.00 bits per heavy atom. The Morgan fingerprint density at radius 1 is 1.20 bits per heavy atom. The number of hydrogen-bond donors (Lipinski definition) is 1. The molecule has 0 bridgehead atoms. The van der Waals surface area contributed by atoms with Crippen LogP contribution in [0.25, 0.3) is 10.9 Å². The van der Waals surface area contributed by atoms with Gasteiger partial charge in [0.2, 0.25) is 0 Å². The highest BCUT2D eigenvalue weighted by Crippen LogP contribution is 2.17. The smallest absolute Gasteiger partial charge is 0.0708 e. The van der Waals surface area contributed by atoms with Crippen molar-refractivity contribution in [2.24, 2.45) is 5.73 Å². The average molecular weight is 200 g/mol. The van der Waals surface area contributed by atoms with E-state index in [9.17, 15) is 0 Å². The van der Waals surface area contributed by atoms with E-state index in [0.717, 1.165) is 17.6 Å². The largest absolute Gasteiger partial charge is 0.330 e. The molecule has 2 nitrogen and oxygen atoms in total. The van der Waals surface area contributed by atoms with Gasteiger partial charge in [-0.3, -0.25) is 4.98 Å². The van der Waals surface area contributed by atoms with Crippen LogP contribution in [0, 0.1) is 13.8 Å². The van der Waals surface area contributed by atoms with Gasteiger partial charge < -0.3 is 5.73 Å². The summed E-state index contributed by atoms with van der Waals surface area (Å²) in [6.07, 6.45) is 0.905. The van der Waals surface area contributed by atoms with Gasteiger partial charge in [0.05, 0.1) is 5.52 Å². The van der Waals surface area contributed by atoms with Gasteiger partial charge in [0.15, 0.2) is 0 Å². The summed E-state index contributed by atoms with van der Waals surface area (Å²) in [6.45, 7) is 4.82. The van der Waals surface area contributed by atoms with Crippen molar-refractivity contribution < 1.29 is 0 Å². The molecule has 0 aliphatic rings. The van der Waals surface area contributed by atoms with Crippen LogP contribution in [-0.4, -0.2) is 11.5 Å². The highest BCUT2D eigenvalue weighted by Gasteiger charge is 2.02. The molecule has 2 rings (SSSR count). The summed E-state index contributed by atoms with van der Waals surface area (Å²) in [5.74, 6) is 0. The molecule has 0 atom stereocenters. The van der Waals surface area contributed by atoms with E-state index < -0.39 is 0 Å². The molecule has 0 amide bonds. The molecule has 1 aromatic carbocycles. The second kappa shape index (κ2) is 3.99. The van der Waals surface area contributed by atoms with Crippen LogP contribution in [0.3, 0.4) is 0 Å². The maximum Gasteiger partial charge on any atom is 0.0708 e. The summed E-state index contributed by atoms with van der Waals surface area (Å²) in [6, 6.07) is 8.56. The van der Waals surface area contributed by atoms with Crippen LogP contribution >= 0.6 is 0 Å². The van der Waals surface area contributed by atoms with Crippen molar-refractivity contribution in [1.82, 2.24) is 4.98 Å². The van der Waals surface area contributed by atoms with Crippen LogP contribution in [0.4, 0.5) is 0 Å². The molecule has 0 aliphatic carbocycles. The third-order valence-electron chi connectivity index (χ3n) is 2.68. The third-order valence-corrected chi connectivity index (χ3v) is 2.68. The van der Waals surface area contributed by atoms with Gasteiger partial charge in [-0.2, -0.15) is 0 Å². The number of fused-ring (bicyclic) bond motifs is 1. The molecule has 0 aliphatic heterocycles. The molecule has 0 saturated carbocycles. The van der Waals surface area contributed by atoms with E-state index in [0.29, 0.717) is 6.54 Å². The van der Waals surface area contributed by atoms with Crippen LogP contribution in [0.5, 0.6) is 0 Å². The summed E-state index contributed by atoms with van der Waals surface area (Å²) in [7, 11) is 0. The minimum atomic E-state index is 0.680. The fourth-order valence-corrected chi connectivity index (χ4v) is 1.83. The van der Waals surface area contributed by atoms with E-state index in [4.69, 9.17) is 5.73 Å². The molecular weight excluding hydrogens is 184 g/mol. The molecule has 0 saturated heterocycles. The minimum Gasteiger partial charge on any atom is -0.330 e. The summed E-state index contributed by atoms with van der Waals surface area (Å²) in [5.41, 5.74) is 10.3. The normalized spacial score (nSPS) is 10.9. The molecule has 1 heterocycles.